The van der Waals surface area contributed by atoms with Gasteiger partial charge in [-0.2, -0.15) is 5.26 Å². The van der Waals surface area contributed by atoms with Crippen molar-refractivity contribution in [1.82, 2.24) is 4.98 Å². The predicted octanol–water partition coefficient (Wildman–Crippen LogP) is 3.53. The smallest absolute Gasteiger partial charge is 0.220 e. The normalized spacial score (nSPS) is 9.12. The van der Waals surface area contributed by atoms with Gasteiger partial charge in [0.1, 0.15) is 17.9 Å². The topological polar surface area (TPSA) is 66.9 Å². The number of ketones is 1. The van der Waals surface area contributed by atoms with Crippen molar-refractivity contribution in [1.29, 1.82) is 5.26 Å². The Hall–Kier alpha value is -1.89. The van der Waals surface area contributed by atoms with Crippen molar-refractivity contribution in [2.24, 2.45) is 0 Å². The van der Waals surface area contributed by atoms with E-state index in [1.807, 2.05) is 27.7 Å². The maximum atomic E-state index is 10.8. The van der Waals surface area contributed by atoms with Gasteiger partial charge in [-0.15, -0.1) is 0 Å². The zero-order valence-corrected chi connectivity index (χ0v) is 11.4. The van der Waals surface area contributed by atoms with E-state index in [9.17, 15) is 4.79 Å². The van der Waals surface area contributed by atoms with Gasteiger partial charge in [0.2, 0.25) is 5.89 Å². The molecule has 0 bridgehead atoms. The van der Waals surface area contributed by atoms with Crippen LogP contribution < -0.4 is 0 Å². The van der Waals surface area contributed by atoms with Crippen LogP contribution in [0.15, 0.2) is 16.3 Å². The van der Waals surface area contributed by atoms with Crippen LogP contribution in [0.5, 0.6) is 0 Å². The Morgan fingerprint density at radius 1 is 1.41 bits per heavy atom. The van der Waals surface area contributed by atoms with Crippen LogP contribution in [-0.4, -0.2) is 10.8 Å². The highest BCUT2D eigenvalue weighted by Crippen LogP contribution is 2.06. The molecule has 0 amide bonds. The highest BCUT2D eigenvalue weighted by molar-refractivity contribution is 6.01. The van der Waals surface area contributed by atoms with Crippen molar-refractivity contribution in [3.05, 3.63) is 23.4 Å². The van der Waals surface area contributed by atoms with Gasteiger partial charge in [0.25, 0.3) is 0 Å². The van der Waals surface area contributed by atoms with Crippen LogP contribution >= 0.6 is 0 Å². The lowest BCUT2D eigenvalue weighted by Gasteiger charge is -1.86. The van der Waals surface area contributed by atoms with E-state index in [1.54, 1.807) is 13.0 Å². The quantitative estimate of drug-likeness (QED) is 0.582. The second-order valence-corrected chi connectivity index (χ2v) is 2.55. The van der Waals surface area contributed by atoms with Crippen molar-refractivity contribution in [3.8, 4) is 6.07 Å². The van der Waals surface area contributed by atoms with Crippen molar-refractivity contribution < 1.29 is 9.21 Å². The van der Waals surface area contributed by atoms with Gasteiger partial charge in [-0.05, 0) is 13.8 Å². The third-order valence-corrected chi connectivity index (χ3v) is 1.40. The van der Waals surface area contributed by atoms with Crippen molar-refractivity contribution in [2.45, 2.75) is 41.5 Å². The largest absolute Gasteiger partial charge is 0.445 e. The van der Waals surface area contributed by atoms with Gasteiger partial charge in [-0.25, -0.2) is 4.98 Å². The molecule has 0 atom stereocenters. The number of nitriles is 1. The molecule has 4 nitrogen and oxygen atoms in total. The molecule has 0 unspecified atom stereocenters. The van der Waals surface area contributed by atoms with Crippen LogP contribution in [0.2, 0.25) is 0 Å². The molecular weight excluding hydrogens is 216 g/mol. The van der Waals surface area contributed by atoms with Gasteiger partial charge in [0.15, 0.2) is 5.78 Å². The average molecular weight is 236 g/mol. The Bertz CT molecular complexity index is 398. The molecule has 0 radical (unpaired) electrons. The molecule has 4 heteroatoms. The van der Waals surface area contributed by atoms with E-state index in [2.05, 4.69) is 4.98 Å². The molecule has 0 aromatic carbocycles. The van der Waals surface area contributed by atoms with Crippen LogP contribution in [0.25, 0.3) is 6.08 Å². The molecule has 1 aromatic heterocycles. The van der Waals surface area contributed by atoms with Gasteiger partial charge in [0.05, 0.1) is 5.69 Å². The van der Waals surface area contributed by atoms with Crippen LogP contribution in [0.4, 0.5) is 0 Å². The Kier molecular flexibility index (Phi) is 10.9. The van der Waals surface area contributed by atoms with E-state index in [-0.39, 0.29) is 17.2 Å². The fourth-order valence-corrected chi connectivity index (χ4v) is 0.775. The summed E-state index contributed by atoms with van der Waals surface area (Å²) in [5, 5.41) is 8.56. The van der Waals surface area contributed by atoms with E-state index < -0.39 is 0 Å². The minimum Gasteiger partial charge on any atom is -0.445 e. The Labute approximate surface area is 103 Å². The summed E-state index contributed by atoms with van der Waals surface area (Å²) < 4.78 is 4.96. The fourth-order valence-electron chi connectivity index (χ4n) is 0.775. The summed E-state index contributed by atoms with van der Waals surface area (Å²) in [5.41, 5.74) is 0.758. The molecule has 0 saturated carbocycles. The van der Waals surface area contributed by atoms with Gasteiger partial charge >= 0.3 is 0 Å². The number of aromatic nitrogens is 1. The Morgan fingerprint density at radius 2 is 1.94 bits per heavy atom. The summed E-state index contributed by atoms with van der Waals surface area (Å²) >= 11 is 0. The Morgan fingerprint density at radius 3 is 2.24 bits per heavy atom. The molecule has 0 aliphatic carbocycles. The summed E-state index contributed by atoms with van der Waals surface area (Å²) in [4.78, 5) is 14.8. The fraction of sp³-hybridized carbons (Fsp3) is 0.462. The highest BCUT2D eigenvalue weighted by Gasteiger charge is 2.04. The van der Waals surface area contributed by atoms with Crippen LogP contribution in [0, 0.1) is 18.3 Å². The number of oxazole rings is 1. The van der Waals surface area contributed by atoms with E-state index in [0.29, 0.717) is 5.69 Å². The van der Waals surface area contributed by atoms with Crippen molar-refractivity contribution in [2.75, 3.05) is 0 Å². The molecule has 1 rings (SSSR count). The number of carbonyl (C=O) groups is 1. The third kappa shape index (κ3) is 7.07. The lowest BCUT2D eigenvalue weighted by Crippen LogP contribution is -1.92. The molecule has 1 heterocycles. The van der Waals surface area contributed by atoms with Gasteiger partial charge in [-0.1, -0.05) is 27.7 Å². The number of aryl methyl sites for hydroxylation is 1. The summed E-state index contributed by atoms with van der Waals surface area (Å²) in [7, 11) is 0. The minimum atomic E-state index is -0.293. The summed E-state index contributed by atoms with van der Waals surface area (Å²) in [6, 6.07) is 1.77. The van der Waals surface area contributed by atoms with Gasteiger partial charge in [0, 0.05) is 6.08 Å². The molecule has 0 fully saturated rings. The number of hydrogen-bond acceptors (Lipinski definition) is 4. The van der Waals surface area contributed by atoms with E-state index in [1.165, 1.54) is 19.3 Å². The lowest BCUT2D eigenvalue weighted by atomic mass is 10.2. The number of rotatable bonds is 2. The average Bonchev–Trinajstić information content (AvgIpc) is 2.76. The molecular formula is C13H20N2O2. The van der Waals surface area contributed by atoms with E-state index in [0.717, 1.165) is 0 Å². The van der Waals surface area contributed by atoms with Crippen LogP contribution in [-0.2, 0) is 4.79 Å². The summed E-state index contributed by atoms with van der Waals surface area (Å²) in [5.74, 6) is -0.0115. The first-order chi connectivity index (χ1) is 8.13. The van der Waals surface area contributed by atoms with Crippen LogP contribution in [0.1, 0.15) is 46.2 Å². The molecule has 0 aliphatic rings. The monoisotopic (exact) mass is 236 g/mol. The number of allylic oxidation sites excluding steroid dienone is 1. The van der Waals surface area contributed by atoms with E-state index in [4.69, 9.17) is 9.68 Å². The molecule has 94 valence electrons. The predicted molar refractivity (Wildman–Crippen MR) is 68.2 cm³/mol. The second kappa shape index (κ2) is 10.6. The number of Topliss-reactive ketones (excluding diaryl/α,β-unsaturated/α-hetero) is 1. The first kappa shape index (κ1) is 17.5. The SMILES string of the molecule is CC.CC.CC(=O)/C(C#N)=C/c1nc(C)co1. The number of nitrogens with zero attached hydrogens (tertiary/aromatic N) is 2. The maximum absolute atomic E-state index is 10.8. The van der Waals surface area contributed by atoms with Gasteiger partial charge in [-0.3, -0.25) is 4.79 Å². The van der Waals surface area contributed by atoms with Crippen LogP contribution in [0.3, 0.4) is 0 Å². The van der Waals surface area contributed by atoms with Crippen molar-refractivity contribution in [3.63, 3.8) is 0 Å². The number of carbonyl (C=O) groups excluding carboxylic acids is 1. The van der Waals surface area contributed by atoms with Crippen molar-refractivity contribution >= 4 is 11.9 Å². The standard InChI is InChI=1S/C9H8N2O2.2C2H6/c1-6-5-13-9(11-6)3-8(4-10)7(2)12;2*1-2/h3,5H,1-2H3;2*1-2H3/b8-3+;;. The molecule has 17 heavy (non-hydrogen) atoms. The highest BCUT2D eigenvalue weighted by atomic mass is 16.3. The first-order valence-corrected chi connectivity index (χ1v) is 5.68. The third-order valence-electron chi connectivity index (χ3n) is 1.40. The zero-order valence-electron chi connectivity index (χ0n) is 11.4. The molecule has 0 N–H and O–H groups in total. The summed E-state index contributed by atoms with van der Waals surface area (Å²) in [6.07, 6.45) is 2.79. The lowest BCUT2D eigenvalue weighted by molar-refractivity contribution is -0.113. The number of hydrogen-bond donors (Lipinski definition) is 0. The second-order valence-electron chi connectivity index (χ2n) is 2.55. The zero-order chi connectivity index (χ0) is 13.8. The first-order valence-electron chi connectivity index (χ1n) is 5.68. The summed E-state index contributed by atoms with van der Waals surface area (Å²) in [6.45, 7) is 11.1. The molecule has 0 saturated heterocycles. The maximum Gasteiger partial charge on any atom is 0.220 e. The van der Waals surface area contributed by atoms with E-state index >= 15 is 0 Å². The minimum absolute atomic E-state index is 0.0434. The van der Waals surface area contributed by atoms with Gasteiger partial charge < -0.3 is 4.42 Å². The Balaban J connectivity index is 0. The molecule has 1 aromatic rings. The molecule has 0 spiro atoms. The molecule has 0 aliphatic heterocycles.